The molecule has 1 saturated heterocycles. The molecule has 4 N–H and O–H groups in total. The van der Waals surface area contributed by atoms with Crippen molar-refractivity contribution in [3.05, 3.63) is 36.5 Å². The number of hydrogen-bond acceptors (Lipinski definition) is 11. The van der Waals surface area contributed by atoms with E-state index >= 15 is 0 Å². The van der Waals surface area contributed by atoms with Crippen LogP contribution in [0.2, 0.25) is 0 Å². The minimum Gasteiger partial charge on any atom is -0.462 e. The second-order valence-electron chi connectivity index (χ2n) is 15.7. The molecule has 0 amide bonds. The van der Waals surface area contributed by atoms with Crippen molar-refractivity contribution in [1.82, 2.24) is 0 Å². The average molecular weight is 845 g/mol. The Balaban J connectivity index is 2.47. The van der Waals surface area contributed by atoms with Crippen LogP contribution in [0.3, 0.4) is 0 Å². The molecular weight excluding hydrogens is 765 g/mol. The van der Waals surface area contributed by atoms with Crippen molar-refractivity contribution in [1.29, 1.82) is 0 Å². The van der Waals surface area contributed by atoms with Crippen molar-refractivity contribution in [3.63, 3.8) is 0 Å². The van der Waals surface area contributed by atoms with Crippen LogP contribution in [0.15, 0.2) is 36.5 Å². The van der Waals surface area contributed by atoms with E-state index in [1.807, 2.05) is 0 Å². The molecule has 1 fully saturated rings. The molecule has 0 aromatic heterocycles. The van der Waals surface area contributed by atoms with E-state index < -0.39 is 71.2 Å². The van der Waals surface area contributed by atoms with Crippen LogP contribution >= 0.6 is 0 Å². The van der Waals surface area contributed by atoms with Gasteiger partial charge in [0.05, 0.1) is 6.61 Å². The summed E-state index contributed by atoms with van der Waals surface area (Å²) in [6.45, 7) is 3.70. The Kier molecular flexibility index (Phi) is 33.1. The summed E-state index contributed by atoms with van der Waals surface area (Å²) >= 11 is 0. The Morgan fingerprint density at radius 3 is 1.57 bits per heavy atom. The van der Waals surface area contributed by atoms with Gasteiger partial charge in [-0.15, -0.1) is 0 Å². The number of esters is 2. The number of allylic oxidation sites excluding steroid dienone is 6. The number of carbonyl (C=O) groups excluding carboxylic acids is 2. The number of ether oxygens (including phenoxy) is 4. The van der Waals surface area contributed by atoms with Crippen LogP contribution in [-0.2, 0) is 38.7 Å². The monoisotopic (exact) mass is 845 g/mol. The lowest BCUT2D eigenvalue weighted by atomic mass is 10.00. The fraction of sp³-hybridized carbons (Fsp3) is 0.822. The van der Waals surface area contributed by atoms with Crippen LogP contribution in [0.25, 0.3) is 0 Å². The van der Waals surface area contributed by atoms with Crippen LogP contribution in [0.1, 0.15) is 181 Å². The van der Waals surface area contributed by atoms with Crippen LogP contribution < -0.4 is 0 Å². The Morgan fingerprint density at radius 2 is 1.03 bits per heavy atom. The minimum absolute atomic E-state index is 0.156. The van der Waals surface area contributed by atoms with Crippen molar-refractivity contribution >= 4 is 22.1 Å². The second kappa shape index (κ2) is 35.6. The predicted octanol–water partition coefficient (Wildman–Crippen LogP) is 9.00. The highest BCUT2D eigenvalue weighted by atomic mass is 32.2. The first-order valence-electron chi connectivity index (χ1n) is 22.5. The van der Waals surface area contributed by atoms with Gasteiger partial charge < -0.3 is 34.3 Å². The van der Waals surface area contributed by atoms with E-state index in [1.165, 1.54) is 64.2 Å². The molecule has 1 aliphatic heterocycles. The normalized spacial score (nSPS) is 20.7. The molecular formula is C45H80O12S. The summed E-state index contributed by atoms with van der Waals surface area (Å²) in [4.78, 5) is 25.4. The molecule has 0 aromatic rings. The van der Waals surface area contributed by atoms with Gasteiger partial charge >= 0.3 is 11.9 Å². The van der Waals surface area contributed by atoms with Gasteiger partial charge in [-0.3, -0.25) is 14.1 Å². The molecule has 2 unspecified atom stereocenters. The highest BCUT2D eigenvalue weighted by molar-refractivity contribution is 7.85. The quantitative estimate of drug-likeness (QED) is 0.0202. The van der Waals surface area contributed by atoms with Crippen LogP contribution in [-0.4, -0.2) is 96.0 Å². The molecule has 1 rings (SSSR count). The summed E-state index contributed by atoms with van der Waals surface area (Å²) in [6.07, 6.45) is 30.4. The van der Waals surface area contributed by atoms with Crippen LogP contribution in [0.5, 0.6) is 0 Å². The van der Waals surface area contributed by atoms with Crippen molar-refractivity contribution in [2.75, 3.05) is 19.0 Å². The molecule has 1 aliphatic rings. The molecule has 6 atom stereocenters. The molecule has 338 valence electrons. The molecule has 0 saturated carbocycles. The molecule has 0 aliphatic carbocycles. The topological polar surface area (TPSA) is 186 Å². The number of hydrogen-bond donors (Lipinski definition) is 4. The zero-order valence-corrected chi connectivity index (χ0v) is 36.7. The maximum atomic E-state index is 12.8. The largest absolute Gasteiger partial charge is 0.462 e. The number of aliphatic hydroxyl groups excluding tert-OH is 3. The maximum absolute atomic E-state index is 12.8. The van der Waals surface area contributed by atoms with Crippen molar-refractivity contribution in [2.24, 2.45) is 0 Å². The van der Waals surface area contributed by atoms with Gasteiger partial charge in [0, 0.05) is 12.8 Å². The van der Waals surface area contributed by atoms with E-state index in [9.17, 15) is 37.9 Å². The fourth-order valence-electron chi connectivity index (χ4n) is 6.64. The Morgan fingerprint density at radius 1 is 0.586 bits per heavy atom. The van der Waals surface area contributed by atoms with Gasteiger partial charge in [0.15, 0.2) is 12.4 Å². The third kappa shape index (κ3) is 30.0. The first-order valence-corrected chi connectivity index (χ1v) is 24.2. The van der Waals surface area contributed by atoms with Gasteiger partial charge in [-0.1, -0.05) is 134 Å². The Labute approximate surface area is 351 Å². The molecule has 13 heteroatoms. The Bertz CT molecular complexity index is 1220. The number of unbranched alkanes of at least 4 members (excludes halogenated alkanes) is 19. The van der Waals surface area contributed by atoms with E-state index in [1.54, 1.807) is 0 Å². The van der Waals surface area contributed by atoms with Gasteiger partial charge in [-0.05, 0) is 70.6 Å². The fourth-order valence-corrected chi connectivity index (χ4v) is 7.33. The van der Waals surface area contributed by atoms with Gasteiger partial charge in [-0.25, -0.2) is 0 Å². The number of rotatable bonds is 37. The number of aliphatic hydroxyl groups is 3. The zero-order chi connectivity index (χ0) is 42.7. The van der Waals surface area contributed by atoms with E-state index in [0.29, 0.717) is 12.8 Å². The molecule has 0 aromatic carbocycles. The lowest BCUT2D eigenvalue weighted by Gasteiger charge is -2.40. The minimum atomic E-state index is -4.60. The van der Waals surface area contributed by atoms with Crippen LogP contribution in [0, 0.1) is 0 Å². The SMILES string of the molecule is CCCCC/C=C/C/C=C/CCCCCCCC(=O)OC[C@H](CO[C@H]1O[C@H](CS(=O)(=O)O)[C@@H](O)C(O)C1O)OC(=O)CCCCCCCCC/C=C/CCCCCC. The van der Waals surface area contributed by atoms with E-state index in [4.69, 9.17) is 18.9 Å². The molecule has 0 bridgehead atoms. The zero-order valence-electron chi connectivity index (χ0n) is 35.9. The summed E-state index contributed by atoms with van der Waals surface area (Å²) in [5, 5.41) is 30.9. The molecule has 1 heterocycles. The third-order valence-electron chi connectivity index (χ3n) is 10.2. The Hall–Kier alpha value is -2.13. The molecule has 0 spiro atoms. The summed E-state index contributed by atoms with van der Waals surface area (Å²) in [6, 6.07) is 0. The summed E-state index contributed by atoms with van der Waals surface area (Å²) < 4.78 is 54.0. The standard InChI is InChI=1S/C45H80O12S/c1-3-5-7-9-11-13-15-17-19-21-23-25-27-29-31-33-40(46)54-35-38(36-55-45-44(50)43(49)42(48)39(57-45)37-58(51,52)53)56-41(47)34-32-30-28-26-24-22-20-18-16-14-12-10-8-6-4-2/h11,13-14,16-17,19,38-39,42-45,48-50H,3-10,12,15,18,20-37H2,1-2H3,(H,51,52,53)/b13-11+,16-14+,19-17+/t38-,39-,42-,43?,44?,45+/m1/s1. The first-order chi connectivity index (χ1) is 28.0. The van der Waals surface area contributed by atoms with Gasteiger partial charge in [0.1, 0.15) is 36.8 Å². The predicted molar refractivity (Wildman–Crippen MR) is 229 cm³/mol. The molecule has 58 heavy (non-hydrogen) atoms. The van der Waals surface area contributed by atoms with Crippen molar-refractivity contribution in [3.8, 4) is 0 Å². The molecule has 12 nitrogen and oxygen atoms in total. The first kappa shape index (κ1) is 53.9. The number of carbonyl (C=O) groups is 2. The van der Waals surface area contributed by atoms with E-state index in [0.717, 1.165) is 77.0 Å². The highest BCUT2D eigenvalue weighted by Crippen LogP contribution is 2.24. The van der Waals surface area contributed by atoms with E-state index in [2.05, 4.69) is 50.3 Å². The van der Waals surface area contributed by atoms with Crippen molar-refractivity contribution < 1.29 is 56.8 Å². The maximum Gasteiger partial charge on any atom is 0.306 e. The summed E-state index contributed by atoms with van der Waals surface area (Å²) in [7, 11) is -4.60. The van der Waals surface area contributed by atoms with Crippen molar-refractivity contribution in [2.45, 2.75) is 218 Å². The van der Waals surface area contributed by atoms with Gasteiger partial charge in [-0.2, -0.15) is 8.42 Å². The van der Waals surface area contributed by atoms with Crippen LogP contribution in [0.4, 0.5) is 0 Å². The average Bonchev–Trinajstić information content (AvgIpc) is 3.18. The smallest absolute Gasteiger partial charge is 0.306 e. The second-order valence-corrected chi connectivity index (χ2v) is 17.2. The van der Waals surface area contributed by atoms with E-state index in [-0.39, 0.29) is 19.4 Å². The highest BCUT2D eigenvalue weighted by Gasteiger charge is 2.46. The molecule has 0 radical (unpaired) electrons. The lowest BCUT2D eigenvalue weighted by molar-refractivity contribution is -0.297. The van der Waals surface area contributed by atoms with Gasteiger partial charge in [0.2, 0.25) is 0 Å². The third-order valence-corrected chi connectivity index (χ3v) is 10.9. The summed E-state index contributed by atoms with van der Waals surface area (Å²) in [5.41, 5.74) is 0. The summed E-state index contributed by atoms with van der Waals surface area (Å²) in [5.74, 6) is -2.01. The lowest BCUT2D eigenvalue weighted by Crippen LogP contribution is -2.60. The van der Waals surface area contributed by atoms with Gasteiger partial charge in [0.25, 0.3) is 10.1 Å².